The largest absolute Gasteiger partial charge is 0.493 e. The van der Waals surface area contributed by atoms with Crippen molar-refractivity contribution in [3.63, 3.8) is 0 Å². The minimum atomic E-state index is -0.390. The molecule has 0 aliphatic carbocycles. The van der Waals surface area contributed by atoms with Gasteiger partial charge < -0.3 is 72.3 Å². The Labute approximate surface area is 480 Å². The van der Waals surface area contributed by atoms with Crippen LogP contribution in [0.25, 0.3) is 0 Å². The highest BCUT2D eigenvalue weighted by atomic mass is 32.2. The van der Waals surface area contributed by atoms with Crippen molar-refractivity contribution in [1.29, 1.82) is 0 Å². The number of thioether (sulfide) groups is 1. The molecule has 2 aromatic rings. The van der Waals surface area contributed by atoms with Crippen LogP contribution in [0.3, 0.4) is 0 Å². The molecule has 2 fully saturated rings. The average molecular weight is 1140 g/mol. The summed E-state index contributed by atoms with van der Waals surface area (Å²) in [5.41, 5.74) is 5.03. The molecule has 81 heavy (non-hydrogen) atoms. The van der Waals surface area contributed by atoms with E-state index in [9.17, 15) is 19.2 Å². The van der Waals surface area contributed by atoms with Crippen molar-refractivity contribution < 1.29 is 66.5 Å². The van der Waals surface area contributed by atoms with Gasteiger partial charge in [-0.05, 0) is 65.8 Å². The van der Waals surface area contributed by atoms with E-state index < -0.39 is 0 Å². The molecule has 2 unspecified atom stereocenters. The number of rotatable bonds is 32. The van der Waals surface area contributed by atoms with Crippen LogP contribution >= 0.6 is 11.8 Å². The third-order valence-corrected chi connectivity index (χ3v) is 15.6. The molecule has 2 aromatic carbocycles. The van der Waals surface area contributed by atoms with Crippen molar-refractivity contribution in [2.24, 2.45) is 9.98 Å². The Balaban J connectivity index is 0.907. The van der Waals surface area contributed by atoms with Gasteiger partial charge in [0.05, 0.1) is 133 Å². The Bertz CT molecular complexity index is 2710. The number of hydrogen-bond acceptors (Lipinski definition) is 19. The van der Waals surface area contributed by atoms with E-state index in [1.165, 1.54) is 18.3 Å². The first-order valence-corrected chi connectivity index (χ1v) is 28.5. The molecule has 2 saturated heterocycles. The minimum Gasteiger partial charge on any atom is -0.493 e. The molecule has 0 radical (unpaired) electrons. The van der Waals surface area contributed by atoms with E-state index in [4.69, 9.17) is 52.6 Å². The highest BCUT2D eigenvalue weighted by Gasteiger charge is 2.36. The van der Waals surface area contributed by atoms with Gasteiger partial charge in [0.1, 0.15) is 25.6 Å². The number of fused-ring (bicyclic) bond motifs is 4. The van der Waals surface area contributed by atoms with Gasteiger partial charge in [0.25, 0.3) is 11.8 Å². The first-order valence-electron chi connectivity index (χ1n) is 27.6. The highest BCUT2D eigenvalue weighted by molar-refractivity contribution is 8.01. The maximum Gasteiger partial charge on any atom is 0.307 e. The molecule has 3 atom stereocenters. The number of carbonyl (C=O) groups is 4. The van der Waals surface area contributed by atoms with E-state index >= 15 is 0 Å². The fourth-order valence-corrected chi connectivity index (χ4v) is 10.7. The van der Waals surface area contributed by atoms with E-state index in [0.717, 1.165) is 12.8 Å². The van der Waals surface area contributed by atoms with Gasteiger partial charge in [-0.15, -0.1) is 11.8 Å². The number of carbonyl (C=O) groups excluding carboxylic acids is 4. The molecule has 0 spiro atoms. The first-order chi connectivity index (χ1) is 39.1. The van der Waals surface area contributed by atoms with E-state index in [2.05, 4.69) is 41.0 Å². The number of likely N-dealkylation sites (N-methyl/N-ethyl adjacent to an activating group) is 2. The molecule has 442 valence electrons. The van der Waals surface area contributed by atoms with Crippen molar-refractivity contribution in [3.8, 4) is 23.0 Å². The van der Waals surface area contributed by atoms with E-state index in [1.54, 1.807) is 62.2 Å². The van der Waals surface area contributed by atoms with Crippen LogP contribution in [0.15, 0.2) is 81.2 Å². The van der Waals surface area contributed by atoms with Crippen LogP contribution in [0.4, 0.5) is 11.4 Å². The van der Waals surface area contributed by atoms with Crippen LogP contribution in [0, 0.1) is 0 Å². The first kappa shape index (κ1) is 62.2. The number of ether oxygens (including phenoxy) is 10. The third kappa shape index (κ3) is 17.8. The maximum absolute atomic E-state index is 13.8. The molecule has 5 heterocycles. The molecule has 7 rings (SSSR count). The van der Waals surface area contributed by atoms with Gasteiger partial charge in [-0.1, -0.05) is 23.3 Å². The minimum absolute atomic E-state index is 0.0220. The number of amides is 3. The zero-order valence-corrected chi connectivity index (χ0v) is 49.3. The predicted octanol–water partition coefficient (Wildman–Crippen LogP) is 6.20. The standard InChI is InChI=1S/C59H81N7O14S/c1-10-40-24-44-32-60-49-30-53(51(71-7)28-47(49)57(69)65(44)34-40)79-36-42-26-46(27-43(62-42)37-80-54-31-50-48(29-52(54)72-8)58(70)66-35-41(11-2)25-45(66)33-61-50)78-17-13-63(5)39-59(3,4)81-38-55(67)64(6)14-16-75-19-21-77-23-22-76-20-18-74-15-12-56(68)73-9/h10-11,26-33,42,44-45,62H,12-25,34-39H2,1-9H3/b40-10+,41-11+/t42?,44?,45-/m0/s1. The summed E-state index contributed by atoms with van der Waals surface area (Å²) in [7, 11) is 8.26. The van der Waals surface area contributed by atoms with E-state index in [-0.39, 0.29) is 66.2 Å². The molecule has 1 N–H and O–H groups in total. The Morgan fingerprint density at radius 3 is 1.80 bits per heavy atom. The van der Waals surface area contributed by atoms with Crippen LogP contribution in [0.2, 0.25) is 0 Å². The van der Waals surface area contributed by atoms with Crippen molar-refractivity contribution in [2.75, 3.05) is 147 Å². The lowest BCUT2D eigenvalue weighted by Gasteiger charge is -2.30. The van der Waals surface area contributed by atoms with Gasteiger partial charge in [0.15, 0.2) is 23.0 Å². The van der Waals surface area contributed by atoms with Crippen LogP contribution in [0.5, 0.6) is 23.0 Å². The van der Waals surface area contributed by atoms with Crippen LogP contribution in [0.1, 0.15) is 67.7 Å². The smallest absolute Gasteiger partial charge is 0.307 e. The summed E-state index contributed by atoms with van der Waals surface area (Å²) in [6.07, 6.45) is 13.4. The predicted molar refractivity (Wildman–Crippen MR) is 310 cm³/mol. The second kappa shape index (κ2) is 30.6. The molecule has 3 amide bonds. The fraction of sp³-hybridized carbons (Fsp3) is 0.559. The number of methoxy groups -OCH3 is 3. The van der Waals surface area contributed by atoms with Crippen molar-refractivity contribution in [1.82, 2.24) is 24.9 Å². The normalized spacial score (nSPS) is 19.3. The number of allylic oxidation sites excluding steroid dienone is 3. The summed E-state index contributed by atoms with van der Waals surface area (Å²) < 4.78 is 57.3. The molecule has 22 heteroatoms. The summed E-state index contributed by atoms with van der Waals surface area (Å²) in [6, 6.07) is 6.28. The van der Waals surface area contributed by atoms with Gasteiger partial charge >= 0.3 is 5.97 Å². The molecule has 21 nitrogen and oxygen atoms in total. The van der Waals surface area contributed by atoms with Gasteiger partial charge in [0, 0.05) is 75.2 Å². The Hall–Kier alpha value is -6.43. The third-order valence-electron chi connectivity index (χ3n) is 14.2. The van der Waals surface area contributed by atoms with E-state index in [1.807, 2.05) is 55.3 Å². The van der Waals surface area contributed by atoms with Crippen molar-refractivity contribution in [2.45, 2.75) is 69.8 Å². The number of nitrogens with one attached hydrogen (secondary N) is 1. The Morgan fingerprint density at radius 2 is 1.26 bits per heavy atom. The summed E-state index contributed by atoms with van der Waals surface area (Å²) in [6.45, 7) is 14.9. The number of hydrogen-bond donors (Lipinski definition) is 1. The molecular formula is C59H81N7O14S. The van der Waals surface area contributed by atoms with Gasteiger partial charge in [0.2, 0.25) is 5.91 Å². The molecule has 5 aliphatic rings. The summed E-state index contributed by atoms with van der Waals surface area (Å²) in [5, 5.41) is 3.54. The molecule has 5 aliphatic heterocycles. The summed E-state index contributed by atoms with van der Waals surface area (Å²) in [4.78, 5) is 68.8. The van der Waals surface area contributed by atoms with Crippen LogP contribution in [-0.2, 0) is 38.0 Å². The zero-order chi connectivity index (χ0) is 57.9. The molecule has 0 saturated carbocycles. The average Bonchev–Trinajstić information content (AvgIpc) is 4.15. The molecule has 0 aromatic heterocycles. The second-order valence-electron chi connectivity index (χ2n) is 20.7. The van der Waals surface area contributed by atoms with Gasteiger partial charge in [-0.2, -0.15) is 0 Å². The summed E-state index contributed by atoms with van der Waals surface area (Å²) >= 11 is 1.60. The fourth-order valence-electron chi connectivity index (χ4n) is 9.67. The number of esters is 1. The lowest BCUT2D eigenvalue weighted by molar-refractivity contribution is -0.142. The van der Waals surface area contributed by atoms with Crippen LogP contribution in [-0.4, -0.2) is 225 Å². The Kier molecular flexibility index (Phi) is 23.5. The van der Waals surface area contributed by atoms with Crippen LogP contribution < -0.4 is 24.3 Å². The Morgan fingerprint density at radius 1 is 0.716 bits per heavy atom. The quantitative estimate of drug-likeness (QED) is 0.0491. The number of aliphatic imine (C=N–C) groups is 2. The topological polar surface area (TPSA) is 210 Å². The lowest BCUT2D eigenvalue weighted by Crippen LogP contribution is -2.38. The zero-order valence-electron chi connectivity index (χ0n) is 48.5. The highest BCUT2D eigenvalue weighted by Crippen LogP contribution is 2.41. The number of dihydropyridines is 1. The monoisotopic (exact) mass is 1140 g/mol. The second-order valence-corrected chi connectivity index (χ2v) is 22.4. The SMILES string of the molecule is C/C=C1\CC2C=Nc3cc(OCC4C=C(OCCN(C)CC(C)(C)SCC(=O)N(C)CCOCCOCCOCCOCCC(=O)OC)C=C(COc5cc6c(cc5OC)C(=O)N5C/C(=C/C)C[C@H]5C=N6)N4)c(OC)cc3C(=O)N2C1. The number of nitrogens with zero attached hydrogens (tertiary/aromatic N) is 6. The van der Waals surface area contributed by atoms with Gasteiger partial charge in [-0.3, -0.25) is 29.2 Å². The number of benzene rings is 2. The van der Waals surface area contributed by atoms with Gasteiger partial charge in [-0.25, -0.2) is 0 Å². The summed E-state index contributed by atoms with van der Waals surface area (Å²) in [5.74, 6) is 2.12. The molecular weight excluding hydrogens is 1060 g/mol. The maximum atomic E-state index is 13.8. The molecule has 0 bridgehead atoms. The van der Waals surface area contributed by atoms with Crippen molar-refractivity contribution in [3.05, 3.63) is 82.3 Å². The van der Waals surface area contributed by atoms with Crippen molar-refractivity contribution >= 4 is 59.3 Å². The lowest BCUT2D eigenvalue weighted by atomic mass is 10.1. The van der Waals surface area contributed by atoms with E-state index in [0.29, 0.717) is 155 Å².